The molecule has 4 rings (SSSR count). The molecule has 2 aromatic carbocycles. The van der Waals surface area contributed by atoms with Crippen LogP contribution in [0.3, 0.4) is 0 Å². The topological polar surface area (TPSA) is 81.8 Å². The van der Waals surface area contributed by atoms with Crippen molar-refractivity contribution >= 4 is 30.2 Å². The maximum absolute atomic E-state index is 14.7. The number of ether oxygens (including phenoxy) is 2. The molecule has 1 aromatic heterocycles. The molecule has 0 aliphatic carbocycles. The van der Waals surface area contributed by atoms with Gasteiger partial charge in [-0.25, -0.2) is 22.8 Å². The fourth-order valence-electron chi connectivity index (χ4n) is 3.98. The minimum atomic E-state index is -1.79. The van der Waals surface area contributed by atoms with Gasteiger partial charge in [0.25, 0.3) is 0 Å². The molecule has 0 radical (unpaired) electrons. The molecule has 200 valence electrons. The number of hydrogen-bond donors (Lipinski definition) is 1. The fraction of sp³-hybridized carbons (Fsp3) is 0.296. The highest BCUT2D eigenvalue weighted by atomic mass is 32.2. The van der Waals surface area contributed by atoms with Crippen LogP contribution >= 0.6 is 11.8 Å². The summed E-state index contributed by atoms with van der Waals surface area (Å²) in [5.74, 6) is -1.78. The van der Waals surface area contributed by atoms with E-state index < -0.39 is 34.6 Å². The Morgan fingerprint density at radius 1 is 1.18 bits per heavy atom. The van der Waals surface area contributed by atoms with Crippen LogP contribution < -0.4 is 0 Å². The van der Waals surface area contributed by atoms with Crippen LogP contribution in [0.1, 0.15) is 18.1 Å². The first-order valence-corrected chi connectivity index (χ1v) is 12.7. The second-order valence-electron chi connectivity index (χ2n) is 8.68. The number of thioether (sulfide) groups is 1. The zero-order chi connectivity index (χ0) is 27.1. The van der Waals surface area contributed by atoms with Crippen LogP contribution in [0.2, 0.25) is 0 Å². The molecule has 2 unspecified atom stereocenters. The van der Waals surface area contributed by atoms with Crippen LogP contribution in [0.4, 0.5) is 18.9 Å². The third kappa shape index (κ3) is 6.79. The van der Waals surface area contributed by atoms with Gasteiger partial charge in [-0.05, 0) is 43.1 Å². The zero-order valence-corrected chi connectivity index (χ0v) is 21.4. The van der Waals surface area contributed by atoms with Crippen molar-refractivity contribution in [3.8, 4) is 0 Å². The number of nitrogens with zero attached hydrogens (tertiary/aromatic N) is 4. The van der Waals surface area contributed by atoms with Gasteiger partial charge in [-0.3, -0.25) is 4.99 Å². The van der Waals surface area contributed by atoms with E-state index in [0.29, 0.717) is 24.5 Å². The number of benzene rings is 2. The monoisotopic (exact) mass is 544 g/mol. The van der Waals surface area contributed by atoms with E-state index in [0.717, 1.165) is 18.2 Å². The van der Waals surface area contributed by atoms with Crippen LogP contribution in [0.25, 0.3) is 6.08 Å². The van der Waals surface area contributed by atoms with Gasteiger partial charge < -0.3 is 14.6 Å². The lowest BCUT2D eigenvalue weighted by molar-refractivity contribution is -0.146. The first kappa shape index (κ1) is 27.8. The van der Waals surface area contributed by atoms with Gasteiger partial charge in [0.1, 0.15) is 35.7 Å². The van der Waals surface area contributed by atoms with Gasteiger partial charge in [-0.2, -0.15) is 5.10 Å². The Balaban J connectivity index is 1.36. The number of rotatable bonds is 10. The molecule has 38 heavy (non-hydrogen) atoms. The van der Waals surface area contributed by atoms with E-state index in [4.69, 9.17) is 9.47 Å². The number of aliphatic hydroxyl groups is 1. The molecule has 0 saturated carbocycles. The Morgan fingerprint density at radius 2 is 1.97 bits per heavy atom. The SMILES string of the molecule is C=Nc1ccc(/C=C/C=C/C2OCC(SC(C)C(O)(Cn3cncn3)c3cc(F)ccc3F)CO2)c(F)c1. The highest BCUT2D eigenvalue weighted by molar-refractivity contribution is 8.00. The Hall–Kier alpha value is -3.25. The molecule has 3 aromatic rings. The van der Waals surface area contributed by atoms with E-state index in [1.165, 1.54) is 35.2 Å². The van der Waals surface area contributed by atoms with Crippen LogP contribution in [-0.4, -0.2) is 56.6 Å². The first-order chi connectivity index (χ1) is 18.3. The van der Waals surface area contributed by atoms with Crippen molar-refractivity contribution in [3.63, 3.8) is 0 Å². The third-order valence-electron chi connectivity index (χ3n) is 6.05. The van der Waals surface area contributed by atoms with Crippen molar-refractivity contribution in [1.82, 2.24) is 14.8 Å². The summed E-state index contributed by atoms with van der Waals surface area (Å²) in [7, 11) is 0. The first-order valence-electron chi connectivity index (χ1n) is 11.8. The van der Waals surface area contributed by atoms with Crippen molar-refractivity contribution in [2.75, 3.05) is 13.2 Å². The van der Waals surface area contributed by atoms with Gasteiger partial charge in [-0.15, -0.1) is 11.8 Å². The molecule has 11 heteroatoms. The van der Waals surface area contributed by atoms with Crippen molar-refractivity contribution < 1.29 is 27.8 Å². The van der Waals surface area contributed by atoms with Gasteiger partial charge in [-0.1, -0.05) is 25.2 Å². The van der Waals surface area contributed by atoms with Gasteiger partial charge in [0, 0.05) is 22.4 Å². The molecule has 0 amide bonds. The molecule has 1 aliphatic rings. The number of allylic oxidation sites excluding steroid dienone is 2. The predicted octanol–water partition coefficient (Wildman–Crippen LogP) is 5.05. The van der Waals surface area contributed by atoms with E-state index >= 15 is 0 Å². The van der Waals surface area contributed by atoms with Crippen LogP contribution in [0, 0.1) is 17.5 Å². The van der Waals surface area contributed by atoms with E-state index in [-0.39, 0.29) is 17.4 Å². The zero-order valence-electron chi connectivity index (χ0n) is 20.6. The maximum Gasteiger partial charge on any atom is 0.177 e. The Labute approximate surface area is 222 Å². The summed E-state index contributed by atoms with van der Waals surface area (Å²) in [5.41, 5.74) is -1.09. The fourth-order valence-corrected chi connectivity index (χ4v) is 5.30. The Morgan fingerprint density at radius 3 is 2.66 bits per heavy atom. The highest BCUT2D eigenvalue weighted by Crippen LogP contribution is 2.38. The van der Waals surface area contributed by atoms with Crippen molar-refractivity contribution in [3.05, 3.63) is 95.9 Å². The van der Waals surface area contributed by atoms with Crippen molar-refractivity contribution in [1.29, 1.82) is 0 Å². The Kier molecular flexibility index (Phi) is 9.16. The molecular weight excluding hydrogens is 517 g/mol. The van der Waals surface area contributed by atoms with Crippen LogP contribution in [-0.2, 0) is 21.6 Å². The summed E-state index contributed by atoms with van der Waals surface area (Å²) in [6.07, 6.45) is 8.79. The number of aromatic nitrogens is 3. The molecule has 2 heterocycles. The standard InChI is InChI=1S/C27H27F3N4O3S/c1-18(27(35,15-34-17-32-16-33-34)23-11-20(28)8-10-24(23)29)38-22-13-36-26(37-14-22)6-4-3-5-19-7-9-21(31-2)12-25(19)30/h3-12,16-18,22,26,35H,2,13-15H2,1H3/b5-3+,6-4+. The largest absolute Gasteiger partial charge is 0.382 e. The van der Waals surface area contributed by atoms with E-state index in [1.54, 1.807) is 43.4 Å². The summed E-state index contributed by atoms with van der Waals surface area (Å²) in [6, 6.07) is 7.58. The van der Waals surface area contributed by atoms with Crippen LogP contribution in [0.15, 0.2) is 72.3 Å². The number of aliphatic imine (C=N–C) groups is 1. The summed E-state index contributed by atoms with van der Waals surface area (Å²) < 4.78 is 55.7. The number of halogens is 3. The quantitative estimate of drug-likeness (QED) is 0.284. The summed E-state index contributed by atoms with van der Waals surface area (Å²) in [4.78, 5) is 7.56. The lowest BCUT2D eigenvalue weighted by Gasteiger charge is -2.37. The summed E-state index contributed by atoms with van der Waals surface area (Å²) >= 11 is 1.35. The maximum atomic E-state index is 14.7. The molecule has 0 bridgehead atoms. The molecular formula is C27H27F3N4O3S. The van der Waals surface area contributed by atoms with E-state index in [9.17, 15) is 18.3 Å². The second kappa shape index (κ2) is 12.5. The van der Waals surface area contributed by atoms with Gasteiger partial charge in [0.05, 0.1) is 30.7 Å². The van der Waals surface area contributed by atoms with Gasteiger partial charge in [0.15, 0.2) is 6.29 Å². The normalized spacial score (nSPS) is 20.6. The average Bonchev–Trinajstić information content (AvgIpc) is 3.42. The average molecular weight is 545 g/mol. The molecule has 1 fully saturated rings. The third-order valence-corrected chi connectivity index (χ3v) is 7.50. The van der Waals surface area contributed by atoms with E-state index in [1.807, 2.05) is 0 Å². The van der Waals surface area contributed by atoms with Gasteiger partial charge >= 0.3 is 0 Å². The minimum Gasteiger partial charge on any atom is -0.382 e. The minimum absolute atomic E-state index is 0.124. The second-order valence-corrected chi connectivity index (χ2v) is 10.3. The molecule has 7 nitrogen and oxygen atoms in total. The van der Waals surface area contributed by atoms with Crippen molar-refractivity contribution in [2.45, 2.75) is 35.9 Å². The number of hydrogen-bond acceptors (Lipinski definition) is 7. The lowest BCUT2D eigenvalue weighted by Crippen LogP contribution is -2.43. The lowest BCUT2D eigenvalue weighted by atomic mass is 9.90. The van der Waals surface area contributed by atoms with Crippen LogP contribution in [0.5, 0.6) is 0 Å². The summed E-state index contributed by atoms with van der Waals surface area (Å²) in [6.45, 7) is 5.60. The molecule has 0 spiro atoms. The van der Waals surface area contributed by atoms with E-state index in [2.05, 4.69) is 21.8 Å². The molecule has 1 N–H and O–H groups in total. The van der Waals surface area contributed by atoms with Crippen molar-refractivity contribution in [2.24, 2.45) is 4.99 Å². The Bertz CT molecular complexity index is 1300. The summed E-state index contributed by atoms with van der Waals surface area (Å²) in [5, 5.41) is 14.9. The molecule has 1 saturated heterocycles. The highest BCUT2D eigenvalue weighted by Gasteiger charge is 2.41. The predicted molar refractivity (Wildman–Crippen MR) is 141 cm³/mol. The smallest absolute Gasteiger partial charge is 0.177 e. The molecule has 1 aliphatic heterocycles. The van der Waals surface area contributed by atoms with Gasteiger partial charge in [0.2, 0.25) is 0 Å². The molecule has 2 atom stereocenters.